The van der Waals surface area contributed by atoms with Gasteiger partial charge in [-0.2, -0.15) is 0 Å². The molecule has 1 saturated heterocycles. The Balaban J connectivity index is 0.00000144. The maximum absolute atomic E-state index is 9.20. The number of piperidine rings is 1. The van der Waals surface area contributed by atoms with Gasteiger partial charge >= 0.3 is 0 Å². The molecule has 1 heterocycles. The van der Waals surface area contributed by atoms with Crippen LogP contribution in [0.25, 0.3) is 0 Å². The van der Waals surface area contributed by atoms with Crippen molar-refractivity contribution >= 4 is 29.9 Å². The van der Waals surface area contributed by atoms with Gasteiger partial charge in [0.1, 0.15) is 0 Å². The third-order valence-electron chi connectivity index (χ3n) is 3.85. The third-order valence-corrected chi connectivity index (χ3v) is 3.85. The second-order valence-electron chi connectivity index (χ2n) is 5.53. The van der Waals surface area contributed by atoms with Crippen LogP contribution in [-0.2, 0) is 0 Å². The molecular formula is C12H24IN3O. The van der Waals surface area contributed by atoms with Gasteiger partial charge in [0.25, 0.3) is 0 Å². The Morgan fingerprint density at radius 3 is 2.76 bits per heavy atom. The Morgan fingerprint density at radius 1 is 1.53 bits per heavy atom. The van der Waals surface area contributed by atoms with Gasteiger partial charge in [0.15, 0.2) is 5.96 Å². The first-order valence-corrected chi connectivity index (χ1v) is 6.31. The first-order chi connectivity index (χ1) is 7.65. The number of hydrogen-bond acceptors (Lipinski definition) is 2. The number of hydrogen-bond donors (Lipinski definition) is 2. The topological polar surface area (TPSA) is 61.8 Å². The van der Waals surface area contributed by atoms with Gasteiger partial charge in [0.2, 0.25) is 0 Å². The van der Waals surface area contributed by atoms with Crippen molar-refractivity contribution in [2.75, 3.05) is 26.2 Å². The van der Waals surface area contributed by atoms with Crippen LogP contribution in [0.4, 0.5) is 0 Å². The van der Waals surface area contributed by atoms with E-state index in [9.17, 15) is 5.11 Å². The van der Waals surface area contributed by atoms with E-state index in [1.807, 2.05) is 0 Å². The molecule has 0 spiro atoms. The van der Waals surface area contributed by atoms with Crippen molar-refractivity contribution in [3.63, 3.8) is 0 Å². The van der Waals surface area contributed by atoms with E-state index >= 15 is 0 Å². The Hall–Kier alpha value is -0.0400. The molecule has 0 aromatic rings. The summed E-state index contributed by atoms with van der Waals surface area (Å²) in [5, 5.41) is 9.20. The average Bonchev–Trinajstić information content (AvgIpc) is 3.07. The number of halogens is 1. The maximum Gasteiger partial charge on any atom is 0.191 e. The van der Waals surface area contributed by atoms with E-state index in [1.54, 1.807) is 0 Å². The van der Waals surface area contributed by atoms with Crippen molar-refractivity contribution in [1.29, 1.82) is 0 Å². The van der Waals surface area contributed by atoms with Gasteiger partial charge in [-0.25, -0.2) is 0 Å². The summed E-state index contributed by atoms with van der Waals surface area (Å²) in [6.45, 7) is 5.27. The van der Waals surface area contributed by atoms with Gasteiger partial charge in [0.05, 0.1) is 13.2 Å². The van der Waals surface area contributed by atoms with E-state index in [0.29, 0.717) is 12.5 Å². The van der Waals surface area contributed by atoms with Crippen LogP contribution in [-0.4, -0.2) is 42.2 Å². The highest BCUT2D eigenvalue weighted by Crippen LogP contribution is 2.45. The molecule has 0 aromatic carbocycles. The molecule has 1 saturated carbocycles. The van der Waals surface area contributed by atoms with Crippen molar-refractivity contribution in [2.24, 2.45) is 22.1 Å². The van der Waals surface area contributed by atoms with Crippen LogP contribution >= 0.6 is 24.0 Å². The Kier molecular flexibility index (Phi) is 5.50. The fourth-order valence-electron chi connectivity index (χ4n) is 2.29. The zero-order chi connectivity index (χ0) is 11.6. The lowest BCUT2D eigenvalue weighted by molar-refractivity contribution is 0.215. The lowest BCUT2D eigenvalue weighted by Crippen LogP contribution is -2.43. The molecule has 4 nitrogen and oxygen atoms in total. The summed E-state index contributed by atoms with van der Waals surface area (Å²) in [5.41, 5.74) is 6.07. The van der Waals surface area contributed by atoms with Gasteiger partial charge in [-0.3, -0.25) is 4.99 Å². The number of likely N-dealkylation sites (tertiary alicyclic amines) is 1. The highest BCUT2D eigenvalue weighted by Gasteiger charge is 2.41. The quantitative estimate of drug-likeness (QED) is 0.458. The number of nitrogens with two attached hydrogens (primary N) is 1. The predicted molar refractivity (Wildman–Crippen MR) is 80.6 cm³/mol. The van der Waals surface area contributed by atoms with Gasteiger partial charge in [-0.05, 0) is 31.6 Å². The zero-order valence-corrected chi connectivity index (χ0v) is 12.9. The Labute approximate surface area is 121 Å². The SMILES string of the molecule is CC1CCCN(C(N)=NCC2(CO)CC2)C1.I. The van der Waals surface area contributed by atoms with Crippen LogP contribution in [0.5, 0.6) is 0 Å². The molecule has 2 fully saturated rings. The first kappa shape index (κ1) is 15.0. The first-order valence-electron chi connectivity index (χ1n) is 6.31. The standard InChI is InChI=1S/C12H23N3O.HI/c1-10-3-2-6-15(7-10)11(13)14-8-12(9-16)4-5-12;/h10,16H,2-9H2,1H3,(H2,13,14);1H. The average molecular weight is 353 g/mol. The van der Waals surface area contributed by atoms with E-state index in [2.05, 4.69) is 16.8 Å². The van der Waals surface area contributed by atoms with Crippen molar-refractivity contribution < 1.29 is 5.11 Å². The molecule has 5 heteroatoms. The number of rotatable bonds is 3. The van der Waals surface area contributed by atoms with E-state index < -0.39 is 0 Å². The smallest absolute Gasteiger partial charge is 0.191 e. The van der Waals surface area contributed by atoms with E-state index in [-0.39, 0.29) is 36.0 Å². The van der Waals surface area contributed by atoms with Crippen molar-refractivity contribution in [3.05, 3.63) is 0 Å². The van der Waals surface area contributed by atoms with Gasteiger partial charge < -0.3 is 15.7 Å². The summed E-state index contributed by atoms with van der Waals surface area (Å²) in [7, 11) is 0. The zero-order valence-electron chi connectivity index (χ0n) is 10.6. The van der Waals surface area contributed by atoms with E-state index in [4.69, 9.17) is 5.73 Å². The molecule has 1 aliphatic heterocycles. The molecule has 2 aliphatic rings. The van der Waals surface area contributed by atoms with Crippen LogP contribution in [0, 0.1) is 11.3 Å². The van der Waals surface area contributed by atoms with E-state index in [0.717, 1.165) is 31.8 Å². The minimum atomic E-state index is 0. The van der Waals surface area contributed by atoms with Gasteiger partial charge in [-0.15, -0.1) is 24.0 Å². The maximum atomic E-state index is 9.20. The lowest BCUT2D eigenvalue weighted by atomic mass is 10.0. The molecule has 2 rings (SSSR count). The fourth-order valence-corrected chi connectivity index (χ4v) is 2.29. The molecule has 0 amide bonds. The van der Waals surface area contributed by atoms with Crippen molar-refractivity contribution in [2.45, 2.75) is 32.6 Å². The van der Waals surface area contributed by atoms with Crippen LogP contribution in [0.3, 0.4) is 0 Å². The second-order valence-corrected chi connectivity index (χ2v) is 5.53. The Bertz CT molecular complexity index is 279. The highest BCUT2D eigenvalue weighted by molar-refractivity contribution is 14.0. The van der Waals surface area contributed by atoms with Crippen LogP contribution in [0.2, 0.25) is 0 Å². The number of guanidine groups is 1. The summed E-state index contributed by atoms with van der Waals surface area (Å²) in [5.74, 6) is 1.39. The fraction of sp³-hybridized carbons (Fsp3) is 0.917. The molecule has 0 radical (unpaired) electrons. The highest BCUT2D eigenvalue weighted by atomic mass is 127. The van der Waals surface area contributed by atoms with Crippen molar-refractivity contribution in [1.82, 2.24) is 4.90 Å². The molecule has 3 N–H and O–H groups in total. The molecule has 1 unspecified atom stereocenters. The van der Waals surface area contributed by atoms with Crippen LogP contribution < -0.4 is 5.73 Å². The Morgan fingerprint density at radius 2 is 2.24 bits per heavy atom. The minimum Gasteiger partial charge on any atom is -0.396 e. The van der Waals surface area contributed by atoms with E-state index in [1.165, 1.54) is 12.8 Å². The van der Waals surface area contributed by atoms with Crippen LogP contribution in [0.15, 0.2) is 4.99 Å². The number of nitrogens with zero attached hydrogens (tertiary/aromatic N) is 2. The number of aliphatic hydroxyl groups is 1. The van der Waals surface area contributed by atoms with Crippen molar-refractivity contribution in [3.8, 4) is 0 Å². The predicted octanol–water partition coefficient (Wildman–Crippen LogP) is 1.42. The normalized spacial score (nSPS) is 27.5. The summed E-state index contributed by atoms with van der Waals surface area (Å²) in [6.07, 6.45) is 4.69. The molecule has 100 valence electrons. The largest absolute Gasteiger partial charge is 0.396 e. The van der Waals surface area contributed by atoms with Gasteiger partial charge in [0, 0.05) is 18.5 Å². The molecule has 1 atom stereocenters. The number of aliphatic hydroxyl groups excluding tert-OH is 1. The summed E-state index contributed by atoms with van der Waals surface area (Å²) in [6, 6.07) is 0. The summed E-state index contributed by atoms with van der Waals surface area (Å²) >= 11 is 0. The number of aliphatic imine (C=N–C) groups is 1. The molecule has 0 bridgehead atoms. The molecule has 1 aliphatic carbocycles. The molecule has 0 aromatic heterocycles. The van der Waals surface area contributed by atoms with Gasteiger partial charge in [-0.1, -0.05) is 6.92 Å². The lowest BCUT2D eigenvalue weighted by Gasteiger charge is -2.31. The molecular weight excluding hydrogens is 329 g/mol. The second kappa shape index (κ2) is 6.22. The monoisotopic (exact) mass is 353 g/mol. The minimum absolute atomic E-state index is 0. The third kappa shape index (κ3) is 3.98. The summed E-state index contributed by atoms with van der Waals surface area (Å²) in [4.78, 5) is 6.63. The molecule has 17 heavy (non-hydrogen) atoms. The summed E-state index contributed by atoms with van der Waals surface area (Å²) < 4.78 is 0. The van der Waals surface area contributed by atoms with Crippen LogP contribution in [0.1, 0.15) is 32.6 Å².